The van der Waals surface area contributed by atoms with Crippen LogP contribution in [0.2, 0.25) is 0 Å². The lowest BCUT2D eigenvalue weighted by molar-refractivity contribution is 0.595. The summed E-state index contributed by atoms with van der Waals surface area (Å²) in [6.07, 6.45) is 4.20. The molecule has 3 heterocycles. The minimum atomic E-state index is -2.85. The number of aromatic nitrogens is 4. The normalized spacial score (nSPS) is 20.2. The maximum Gasteiger partial charge on any atom is 0.223 e. The van der Waals surface area contributed by atoms with E-state index in [9.17, 15) is 8.42 Å². The number of sulfone groups is 1. The summed E-state index contributed by atoms with van der Waals surface area (Å²) in [5.74, 6) is 1.19. The number of nitrogens with zero attached hydrogens (tertiary/aromatic N) is 4. The molecule has 1 saturated heterocycles. The zero-order chi connectivity index (χ0) is 15.7. The van der Waals surface area contributed by atoms with Crippen molar-refractivity contribution >= 4 is 15.8 Å². The van der Waals surface area contributed by atoms with Gasteiger partial charge in [-0.25, -0.2) is 18.4 Å². The molecule has 7 nitrogen and oxygen atoms in total. The van der Waals surface area contributed by atoms with Gasteiger partial charge in [-0.05, 0) is 30.9 Å². The highest BCUT2D eigenvalue weighted by molar-refractivity contribution is 7.91. The average Bonchev–Trinajstić information content (AvgIpc) is 3.03. The van der Waals surface area contributed by atoms with Gasteiger partial charge < -0.3 is 5.32 Å². The first-order valence-corrected chi connectivity index (χ1v) is 9.03. The fraction of sp³-hybridized carbons (Fsp3) is 0.500. The Morgan fingerprint density at radius 1 is 1.45 bits per heavy atom. The second kappa shape index (κ2) is 5.68. The van der Waals surface area contributed by atoms with Crippen molar-refractivity contribution in [3.05, 3.63) is 24.0 Å². The summed E-state index contributed by atoms with van der Waals surface area (Å²) in [7, 11) is -0.980. The minimum Gasteiger partial charge on any atom is -0.354 e. The molecular weight excluding hydrogens is 302 g/mol. The van der Waals surface area contributed by atoms with E-state index >= 15 is 0 Å². The average molecular weight is 321 g/mol. The van der Waals surface area contributed by atoms with E-state index in [-0.39, 0.29) is 17.4 Å². The Labute approximate surface area is 129 Å². The van der Waals surface area contributed by atoms with Crippen molar-refractivity contribution in [2.45, 2.75) is 13.3 Å². The summed E-state index contributed by atoms with van der Waals surface area (Å²) in [6, 6.07) is 1.91. The van der Waals surface area contributed by atoms with Gasteiger partial charge >= 0.3 is 0 Å². The maximum atomic E-state index is 11.5. The Bertz CT molecular complexity index is 784. The molecule has 0 aromatic carbocycles. The molecule has 0 unspecified atom stereocenters. The molecular formula is C14H19N5O2S. The van der Waals surface area contributed by atoms with Crippen LogP contribution >= 0.6 is 0 Å². The lowest BCUT2D eigenvalue weighted by Crippen LogP contribution is -2.17. The van der Waals surface area contributed by atoms with E-state index in [0.717, 1.165) is 17.0 Å². The Morgan fingerprint density at radius 3 is 2.91 bits per heavy atom. The van der Waals surface area contributed by atoms with Crippen LogP contribution in [-0.4, -0.2) is 46.2 Å². The molecule has 1 aliphatic heterocycles. The van der Waals surface area contributed by atoms with E-state index < -0.39 is 9.84 Å². The molecule has 0 radical (unpaired) electrons. The summed E-state index contributed by atoms with van der Waals surface area (Å²) >= 11 is 0. The highest BCUT2D eigenvalue weighted by Crippen LogP contribution is 2.22. The molecule has 2 aromatic rings. The first kappa shape index (κ1) is 15.0. The van der Waals surface area contributed by atoms with Crippen molar-refractivity contribution in [2.24, 2.45) is 13.0 Å². The largest absolute Gasteiger partial charge is 0.354 e. The molecule has 2 aromatic heterocycles. The standard InChI is InChI=1S/C14H19N5O2S/c1-10-7-15-14(16-8-11-4-6-22(20,21)9-11)18-13(10)12-3-5-17-19(12)2/h3,5,7,11H,4,6,8-9H2,1-2H3,(H,15,16,18)/t11-/m1/s1. The van der Waals surface area contributed by atoms with Crippen molar-refractivity contribution in [3.63, 3.8) is 0 Å². The minimum absolute atomic E-state index is 0.134. The van der Waals surface area contributed by atoms with Gasteiger partial charge in [0.1, 0.15) is 0 Å². The number of anilines is 1. The van der Waals surface area contributed by atoms with Crippen LogP contribution in [0.5, 0.6) is 0 Å². The molecule has 1 N–H and O–H groups in total. The summed E-state index contributed by atoms with van der Waals surface area (Å²) in [6.45, 7) is 2.53. The number of hydrogen-bond donors (Lipinski definition) is 1. The monoisotopic (exact) mass is 321 g/mol. The SMILES string of the molecule is Cc1cnc(NC[C@H]2CCS(=O)(=O)C2)nc1-c1ccnn1C. The van der Waals surface area contributed by atoms with Crippen molar-refractivity contribution in [1.29, 1.82) is 0 Å². The smallest absolute Gasteiger partial charge is 0.223 e. The van der Waals surface area contributed by atoms with Crippen LogP contribution in [-0.2, 0) is 16.9 Å². The number of rotatable bonds is 4. The third kappa shape index (κ3) is 3.11. The summed E-state index contributed by atoms with van der Waals surface area (Å²) < 4.78 is 24.7. The van der Waals surface area contributed by atoms with Crippen LogP contribution in [0.3, 0.4) is 0 Å². The molecule has 3 rings (SSSR count). The van der Waals surface area contributed by atoms with Crippen molar-refractivity contribution < 1.29 is 8.42 Å². The van der Waals surface area contributed by atoms with Gasteiger partial charge in [-0.15, -0.1) is 0 Å². The van der Waals surface area contributed by atoms with Gasteiger partial charge in [0.25, 0.3) is 0 Å². The van der Waals surface area contributed by atoms with E-state index in [1.54, 1.807) is 17.1 Å². The van der Waals surface area contributed by atoms with Gasteiger partial charge in [0.05, 0.1) is 22.9 Å². The molecule has 0 saturated carbocycles. The van der Waals surface area contributed by atoms with Gasteiger partial charge in [-0.3, -0.25) is 4.68 Å². The molecule has 22 heavy (non-hydrogen) atoms. The van der Waals surface area contributed by atoms with Crippen LogP contribution < -0.4 is 5.32 Å². The zero-order valence-electron chi connectivity index (χ0n) is 12.7. The van der Waals surface area contributed by atoms with Crippen LogP contribution in [0.25, 0.3) is 11.4 Å². The first-order chi connectivity index (χ1) is 10.4. The Balaban J connectivity index is 1.74. The van der Waals surface area contributed by atoms with E-state index in [4.69, 9.17) is 0 Å². The van der Waals surface area contributed by atoms with E-state index in [1.807, 2.05) is 20.0 Å². The number of hydrogen-bond acceptors (Lipinski definition) is 6. The van der Waals surface area contributed by atoms with Crippen LogP contribution in [0, 0.1) is 12.8 Å². The summed E-state index contributed by atoms with van der Waals surface area (Å²) in [5.41, 5.74) is 2.72. The summed E-state index contributed by atoms with van der Waals surface area (Å²) in [4.78, 5) is 8.81. The predicted octanol–water partition coefficient (Wildman–Crippen LogP) is 1.03. The molecule has 0 bridgehead atoms. The van der Waals surface area contributed by atoms with E-state index in [1.165, 1.54) is 0 Å². The lowest BCUT2D eigenvalue weighted by Gasteiger charge is -2.11. The highest BCUT2D eigenvalue weighted by atomic mass is 32.2. The number of nitrogens with one attached hydrogen (secondary N) is 1. The van der Waals surface area contributed by atoms with E-state index in [0.29, 0.717) is 18.9 Å². The molecule has 0 spiro atoms. The quantitative estimate of drug-likeness (QED) is 0.904. The molecule has 118 valence electrons. The topological polar surface area (TPSA) is 89.8 Å². The lowest BCUT2D eigenvalue weighted by atomic mass is 10.1. The summed E-state index contributed by atoms with van der Waals surface area (Å²) in [5, 5.41) is 7.31. The van der Waals surface area contributed by atoms with E-state index in [2.05, 4.69) is 20.4 Å². The van der Waals surface area contributed by atoms with Gasteiger partial charge in [0, 0.05) is 26.0 Å². The molecule has 1 atom stereocenters. The third-order valence-electron chi connectivity index (χ3n) is 3.91. The highest BCUT2D eigenvalue weighted by Gasteiger charge is 2.27. The van der Waals surface area contributed by atoms with Crippen molar-refractivity contribution in [2.75, 3.05) is 23.4 Å². The Morgan fingerprint density at radius 2 is 2.27 bits per heavy atom. The third-order valence-corrected chi connectivity index (χ3v) is 5.75. The molecule has 0 amide bonds. The first-order valence-electron chi connectivity index (χ1n) is 7.21. The number of aryl methyl sites for hydroxylation is 2. The van der Waals surface area contributed by atoms with Crippen LogP contribution in [0.4, 0.5) is 5.95 Å². The van der Waals surface area contributed by atoms with Gasteiger partial charge in [-0.2, -0.15) is 5.10 Å². The predicted molar refractivity (Wildman–Crippen MR) is 84.2 cm³/mol. The van der Waals surface area contributed by atoms with Gasteiger partial charge in [0.15, 0.2) is 9.84 Å². The molecule has 0 aliphatic carbocycles. The molecule has 8 heteroatoms. The van der Waals surface area contributed by atoms with Crippen LogP contribution in [0.15, 0.2) is 18.5 Å². The molecule has 1 fully saturated rings. The zero-order valence-corrected chi connectivity index (χ0v) is 13.5. The van der Waals surface area contributed by atoms with Crippen molar-refractivity contribution in [3.8, 4) is 11.4 Å². The van der Waals surface area contributed by atoms with Gasteiger partial charge in [-0.1, -0.05) is 0 Å². The van der Waals surface area contributed by atoms with Gasteiger partial charge in [0.2, 0.25) is 5.95 Å². The molecule has 1 aliphatic rings. The Kier molecular flexibility index (Phi) is 3.86. The second-order valence-electron chi connectivity index (χ2n) is 5.72. The maximum absolute atomic E-state index is 11.5. The second-order valence-corrected chi connectivity index (χ2v) is 7.94. The Hall–Kier alpha value is -1.96. The van der Waals surface area contributed by atoms with Crippen molar-refractivity contribution in [1.82, 2.24) is 19.7 Å². The fourth-order valence-electron chi connectivity index (χ4n) is 2.66. The fourth-order valence-corrected chi connectivity index (χ4v) is 4.52. The van der Waals surface area contributed by atoms with Crippen LogP contribution in [0.1, 0.15) is 12.0 Å².